The van der Waals surface area contributed by atoms with Crippen molar-refractivity contribution in [3.05, 3.63) is 51.7 Å². The highest BCUT2D eigenvalue weighted by atomic mass is 35.5. The van der Waals surface area contributed by atoms with Gasteiger partial charge in [0.05, 0.1) is 24.2 Å². The number of benzene rings is 1. The van der Waals surface area contributed by atoms with E-state index < -0.39 is 0 Å². The zero-order chi connectivity index (χ0) is 19.4. The molecule has 1 aromatic carbocycles. The van der Waals surface area contributed by atoms with Gasteiger partial charge in [0.25, 0.3) is 0 Å². The molecule has 2 amide bonds. The molecule has 142 valence electrons. The van der Waals surface area contributed by atoms with E-state index >= 15 is 0 Å². The molecule has 3 rings (SSSR count). The molecule has 0 fully saturated rings. The Morgan fingerprint density at radius 2 is 2.15 bits per heavy atom. The quantitative estimate of drug-likeness (QED) is 0.650. The zero-order valence-electron chi connectivity index (χ0n) is 15.2. The van der Waals surface area contributed by atoms with Crippen LogP contribution in [0.1, 0.15) is 17.1 Å². The molecule has 9 heteroatoms. The number of carbonyl (C=O) groups excluding carboxylic acids is 1. The summed E-state index contributed by atoms with van der Waals surface area (Å²) in [6.45, 7) is 4.40. The number of aromatic nitrogens is 3. The lowest BCUT2D eigenvalue weighted by Crippen LogP contribution is -2.30. The van der Waals surface area contributed by atoms with Crippen LogP contribution in [0.25, 0.3) is 5.13 Å². The second kappa shape index (κ2) is 8.41. The third-order valence-electron chi connectivity index (χ3n) is 3.81. The normalized spacial score (nSPS) is 10.7. The minimum absolute atomic E-state index is 0.329. The summed E-state index contributed by atoms with van der Waals surface area (Å²) >= 11 is 7.49. The smallest absolute Gasteiger partial charge is 0.319 e. The van der Waals surface area contributed by atoms with Gasteiger partial charge in [-0.25, -0.2) is 14.5 Å². The molecule has 2 heterocycles. The van der Waals surface area contributed by atoms with Gasteiger partial charge >= 0.3 is 6.03 Å². The number of hydrogen-bond donors (Lipinski definition) is 2. The van der Waals surface area contributed by atoms with Crippen molar-refractivity contribution in [2.45, 2.75) is 20.3 Å². The molecule has 2 aromatic heterocycles. The SMILES string of the molecule is COc1ccc(Cl)cc1NC(=O)NCCc1csc(-n2nc(C)cc2C)n1. The number of thiazole rings is 1. The minimum atomic E-state index is -0.329. The molecule has 0 unspecified atom stereocenters. The van der Waals surface area contributed by atoms with Crippen molar-refractivity contribution in [2.24, 2.45) is 0 Å². The van der Waals surface area contributed by atoms with Crippen molar-refractivity contribution in [2.75, 3.05) is 19.0 Å². The van der Waals surface area contributed by atoms with Gasteiger partial charge in [0, 0.05) is 29.1 Å². The van der Waals surface area contributed by atoms with E-state index in [9.17, 15) is 4.79 Å². The predicted molar refractivity (Wildman–Crippen MR) is 107 cm³/mol. The van der Waals surface area contributed by atoms with Gasteiger partial charge in [-0.1, -0.05) is 11.6 Å². The van der Waals surface area contributed by atoms with Crippen LogP contribution in [-0.2, 0) is 6.42 Å². The maximum absolute atomic E-state index is 12.1. The third kappa shape index (κ3) is 4.78. The van der Waals surface area contributed by atoms with Crippen molar-refractivity contribution < 1.29 is 9.53 Å². The topological polar surface area (TPSA) is 81.1 Å². The average Bonchev–Trinajstić information content (AvgIpc) is 3.21. The van der Waals surface area contributed by atoms with Gasteiger partial charge in [0.2, 0.25) is 5.13 Å². The summed E-state index contributed by atoms with van der Waals surface area (Å²) < 4.78 is 7.04. The van der Waals surface area contributed by atoms with Crippen LogP contribution in [0, 0.1) is 13.8 Å². The molecule has 0 aliphatic carbocycles. The molecule has 0 radical (unpaired) electrons. The van der Waals surface area contributed by atoms with E-state index in [1.165, 1.54) is 18.4 Å². The number of methoxy groups -OCH3 is 1. The van der Waals surface area contributed by atoms with E-state index in [1.54, 1.807) is 18.2 Å². The van der Waals surface area contributed by atoms with E-state index in [0.717, 1.165) is 22.2 Å². The van der Waals surface area contributed by atoms with Crippen LogP contribution in [0.2, 0.25) is 5.02 Å². The van der Waals surface area contributed by atoms with Gasteiger partial charge in [-0.3, -0.25) is 0 Å². The van der Waals surface area contributed by atoms with Gasteiger partial charge < -0.3 is 15.4 Å². The molecular weight excluding hydrogens is 386 g/mol. The fraction of sp³-hybridized carbons (Fsp3) is 0.278. The Morgan fingerprint density at radius 3 is 2.85 bits per heavy atom. The Hall–Kier alpha value is -2.58. The van der Waals surface area contributed by atoms with Gasteiger partial charge in [-0.05, 0) is 38.1 Å². The van der Waals surface area contributed by atoms with Gasteiger partial charge in [-0.2, -0.15) is 5.10 Å². The molecule has 27 heavy (non-hydrogen) atoms. The van der Waals surface area contributed by atoms with E-state index in [1.807, 2.05) is 30.0 Å². The summed E-state index contributed by atoms with van der Waals surface area (Å²) in [4.78, 5) is 16.7. The van der Waals surface area contributed by atoms with Crippen molar-refractivity contribution in [1.82, 2.24) is 20.1 Å². The maximum atomic E-state index is 12.1. The standard InChI is InChI=1S/C18H20ClN5O2S/c1-11-8-12(2)24(23-11)18-21-14(10-27-18)6-7-20-17(25)22-15-9-13(19)4-5-16(15)26-3/h4-5,8-10H,6-7H2,1-3H3,(H2,20,22,25). The molecule has 0 saturated carbocycles. The summed E-state index contributed by atoms with van der Waals surface area (Å²) in [5, 5.41) is 13.3. The number of amides is 2. The van der Waals surface area contributed by atoms with E-state index in [2.05, 4.69) is 20.7 Å². The van der Waals surface area contributed by atoms with Gasteiger partial charge in [0.1, 0.15) is 5.75 Å². The Bertz CT molecular complexity index is 953. The first kappa shape index (κ1) is 19.2. The average molecular weight is 406 g/mol. The Kier molecular flexibility index (Phi) is 5.98. The van der Waals surface area contributed by atoms with Crippen molar-refractivity contribution in [3.63, 3.8) is 0 Å². The summed E-state index contributed by atoms with van der Waals surface area (Å²) in [7, 11) is 1.54. The Labute approximate surface area is 166 Å². The van der Waals surface area contributed by atoms with Gasteiger partial charge in [0.15, 0.2) is 0 Å². The number of nitrogens with one attached hydrogen (secondary N) is 2. The molecule has 7 nitrogen and oxygen atoms in total. The molecule has 3 aromatic rings. The lowest BCUT2D eigenvalue weighted by atomic mass is 10.3. The van der Waals surface area contributed by atoms with Crippen molar-refractivity contribution >= 4 is 34.7 Å². The first-order chi connectivity index (χ1) is 13.0. The summed E-state index contributed by atoms with van der Waals surface area (Å²) in [6, 6.07) is 6.72. The number of urea groups is 1. The lowest BCUT2D eigenvalue weighted by molar-refractivity contribution is 0.252. The number of hydrogen-bond acceptors (Lipinski definition) is 5. The fourth-order valence-electron chi connectivity index (χ4n) is 2.58. The molecule has 0 spiro atoms. The second-order valence-corrected chi connectivity index (χ2v) is 7.21. The second-order valence-electron chi connectivity index (χ2n) is 5.94. The number of rotatable bonds is 6. The Balaban J connectivity index is 1.54. The molecule has 0 atom stereocenters. The monoisotopic (exact) mass is 405 g/mol. The van der Waals surface area contributed by atoms with Gasteiger partial charge in [-0.15, -0.1) is 11.3 Å². The number of nitrogens with zero attached hydrogens (tertiary/aromatic N) is 3. The Morgan fingerprint density at radius 1 is 1.33 bits per heavy atom. The first-order valence-corrected chi connectivity index (χ1v) is 9.58. The molecule has 0 aliphatic heterocycles. The molecular formula is C18H20ClN5O2S. The number of aryl methyl sites for hydroxylation is 2. The number of ether oxygens (including phenoxy) is 1. The highest BCUT2D eigenvalue weighted by Crippen LogP contribution is 2.27. The highest BCUT2D eigenvalue weighted by molar-refractivity contribution is 7.12. The van der Waals surface area contributed by atoms with E-state index in [0.29, 0.717) is 29.4 Å². The van der Waals surface area contributed by atoms with Crippen LogP contribution < -0.4 is 15.4 Å². The van der Waals surface area contributed by atoms with Crippen LogP contribution in [0.4, 0.5) is 10.5 Å². The molecule has 0 saturated heterocycles. The first-order valence-electron chi connectivity index (χ1n) is 8.32. The number of carbonyl (C=O) groups is 1. The zero-order valence-corrected chi connectivity index (χ0v) is 16.8. The minimum Gasteiger partial charge on any atom is -0.495 e. The number of halogens is 1. The maximum Gasteiger partial charge on any atom is 0.319 e. The molecule has 0 aliphatic rings. The van der Waals surface area contributed by atoms with Crippen LogP contribution in [0.15, 0.2) is 29.6 Å². The van der Waals surface area contributed by atoms with Crippen LogP contribution in [0.5, 0.6) is 5.75 Å². The number of anilines is 1. The fourth-order valence-corrected chi connectivity index (χ4v) is 3.62. The summed E-state index contributed by atoms with van der Waals surface area (Å²) in [6.07, 6.45) is 0.621. The van der Waals surface area contributed by atoms with Crippen LogP contribution in [0.3, 0.4) is 0 Å². The van der Waals surface area contributed by atoms with E-state index in [4.69, 9.17) is 16.3 Å². The van der Waals surface area contributed by atoms with E-state index in [-0.39, 0.29) is 6.03 Å². The molecule has 2 N–H and O–H groups in total. The van der Waals surface area contributed by atoms with Crippen molar-refractivity contribution in [1.29, 1.82) is 0 Å². The molecule has 0 bridgehead atoms. The van der Waals surface area contributed by atoms with Crippen LogP contribution in [-0.4, -0.2) is 34.5 Å². The van der Waals surface area contributed by atoms with Crippen molar-refractivity contribution in [3.8, 4) is 10.9 Å². The largest absolute Gasteiger partial charge is 0.495 e. The summed E-state index contributed by atoms with van der Waals surface area (Å²) in [5.41, 5.74) is 3.42. The highest BCUT2D eigenvalue weighted by Gasteiger charge is 2.10. The lowest BCUT2D eigenvalue weighted by Gasteiger charge is -2.11. The van der Waals surface area contributed by atoms with Crippen LogP contribution >= 0.6 is 22.9 Å². The third-order valence-corrected chi connectivity index (χ3v) is 4.91. The predicted octanol–water partition coefficient (Wildman–Crippen LogP) is 3.97. The summed E-state index contributed by atoms with van der Waals surface area (Å²) in [5.74, 6) is 0.545.